The Hall–Kier alpha value is -3.06. The van der Waals surface area contributed by atoms with Gasteiger partial charge in [0.05, 0.1) is 6.42 Å². The molecule has 2 aliphatic rings. The Balaban J connectivity index is 1.61. The third-order valence-corrected chi connectivity index (χ3v) is 7.61. The third-order valence-electron chi connectivity index (χ3n) is 5.28. The molecular formula is C26H35N3O8S2. The van der Waals surface area contributed by atoms with Gasteiger partial charge in [-0.1, -0.05) is 0 Å². The average molecular weight is 582 g/mol. The summed E-state index contributed by atoms with van der Waals surface area (Å²) in [6.45, 7) is 11.9. The van der Waals surface area contributed by atoms with Crippen LogP contribution in [0.3, 0.4) is 0 Å². The van der Waals surface area contributed by atoms with Crippen LogP contribution >= 0.6 is 23.1 Å². The molecule has 1 aromatic heterocycles. The molecule has 2 aliphatic heterocycles. The largest absolute Gasteiger partial charge is 0.461 e. The number of nitrogens with one attached hydrogen (secondary N) is 2. The monoisotopic (exact) mass is 581 g/mol. The molecule has 13 heteroatoms. The van der Waals surface area contributed by atoms with Crippen LogP contribution in [-0.4, -0.2) is 69.7 Å². The molecule has 0 radical (unpaired) electrons. The zero-order valence-corrected chi connectivity index (χ0v) is 24.8. The number of alkyl carbamates (subject to hydrolysis) is 1. The second kappa shape index (κ2) is 12.0. The van der Waals surface area contributed by atoms with Crippen molar-refractivity contribution in [3.63, 3.8) is 0 Å². The second-order valence-electron chi connectivity index (χ2n) is 11.1. The van der Waals surface area contributed by atoms with E-state index in [2.05, 4.69) is 10.6 Å². The number of rotatable bonds is 8. The highest BCUT2D eigenvalue weighted by atomic mass is 32.2. The van der Waals surface area contributed by atoms with E-state index in [0.717, 1.165) is 10.4 Å². The lowest BCUT2D eigenvalue weighted by Crippen LogP contribution is -2.70. The minimum absolute atomic E-state index is 0.0603. The number of hydrogen-bond donors (Lipinski definition) is 2. The Morgan fingerprint density at radius 1 is 1.08 bits per heavy atom. The Morgan fingerprint density at radius 2 is 1.74 bits per heavy atom. The Morgan fingerprint density at radius 3 is 2.36 bits per heavy atom. The van der Waals surface area contributed by atoms with E-state index in [9.17, 15) is 24.0 Å². The standard InChI is InChI=1S/C26H35N3O8S2/c1-14(30)35-11-16-13-39-22-19(21(32)29(22)20(16)23(33)36-25(2,3)4)28-18(31)9-17-8-15(12-38-17)10-27-24(34)37-26(5,6)7/h8,12,19,22H,9-11,13H2,1-7H3,(H,27,34)(H,28,31)/t19-,22-/m1/s1. The topological polar surface area (TPSA) is 140 Å². The SMILES string of the molecule is CC(=O)OCC1=C(C(=O)OC(C)(C)C)N2C(=O)[C@@H](NC(=O)Cc3cc(CNC(=O)OC(C)(C)C)cs3)[C@H]2SC1. The van der Waals surface area contributed by atoms with Crippen LogP contribution < -0.4 is 10.6 Å². The highest BCUT2D eigenvalue weighted by molar-refractivity contribution is 8.00. The van der Waals surface area contributed by atoms with Gasteiger partial charge in [-0.3, -0.25) is 19.3 Å². The van der Waals surface area contributed by atoms with Gasteiger partial charge >= 0.3 is 18.0 Å². The van der Waals surface area contributed by atoms with Crippen LogP contribution in [0.25, 0.3) is 0 Å². The smallest absolute Gasteiger partial charge is 0.407 e. The number of hydrogen-bond acceptors (Lipinski definition) is 10. The molecule has 0 bridgehead atoms. The van der Waals surface area contributed by atoms with Crippen molar-refractivity contribution in [2.45, 2.75) is 84.0 Å². The van der Waals surface area contributed by atoms with Crippen molar-refractivity contribution in [3.8, 4) is 0 Å². The molecule has 2 N–H and O–H groups in total. The molecule has 3 heterocycles. The number of ether oxygens (including phenoxy) is 3. The Labute approximate surface area is 236 Å². The van der Waals surface area contributed by atoms with Gasteiger partial charge in [-0.05, 0) is 58.6 Å². The van der Waals surface area contributed by atoms with Gasteiger partial charge < -0.3 is 24.8 Å². The molecule has 1 aromatic rings. The highest BCUT2D eigenvalue weighted by Crippen LogP contribution is 2.41. The second-order valence-corrected chi connectivity index (χ2v) is 13.2. The molecule has 0 unspecified atom stereocenters. The zero-order chi connectivity index (χ0) is 29.1. The lowest BCUT2D eigenvalue weighted by atomic mass is 10.0. The first kappa shape index (κ1) is 30.5. The van der Waals surface area contributed by atoms with Crippen LogP contribution in [0.1, 0.15) is 58.9 Å². The lowest BCUT2D eigenvalue weighted by Gasteiger charge is -2.49. The number of thiophene rings is 1. The van der Waals surface area contributed by atoms with Gasteiger partial charge in [0.15, 0.2) is 0 Å². The van der Waals surface area contributed by atoms with E-state index in [0.29, 0.717) is 11.3 Å². The van der Waals surface area contributed by atoms with Crippen molar-refractivity contribution in [1.82, 2.24) is 15.5 Å². The molecule has 0 aliphatic carbocycles. The molecule has 11 nitrogen and oxygen atoms in total. The fraction of sp³-hybridized carbons (Fsp3) is 0.577. The van der Waals surface area contributed by atoms with E-state index < -0.39 is 46.6 Å². The molecule has 3 amide bonds. The molecule has 3 rings (SSSR count). The molecule has 1 fully saturated rings. The van der Waals surface area contributed by atoms with Crippen molar-refractivity contribution in [1.29, 1.82) is 0 Å². The number of esters is 2. The summed E-state index contributed by atoms with van der Waals surface area (Å²) >= 11 is 2.75. The number of nitrogens with zero attached hydrogens (tertiary/aromatic N) is 1. The minimum atomic E-state index is -0.802. The summed E-state index contributed by atoms with van der Waals surface area (Å²) in [5.74, 6) is -1.62. The van der Waals surface area contributed by atoms with Gasteiger partial charge in [0, 0.05) is 29.7 Å². The molecule has 214 valence electrons. The summed E-state index contributed by atoms with van der Waals surface area (Å²) in [5.41, 5.74) is -0.0219. The lowest BCUT2D eigenvalue weighted by molar-refractivity contribution is -0.159. The van der Waals surface area contributed by atoms with Gasteiger partial charge in [0.2, 0.25) is 5.91 Å². The van der Waals surface area contributed by atoms with Gasteiger partial charge in [0.25, 0.3) is 5.91 Å². The number of fused-ring (bicyclic) bond motifs is 1. The van der Waals surface area contributed by atoms with Gasteiger partial charge in [-0.2, -0.15) is 0 Å². The van der Waals surface area contributed by atoms with E-state index >= 15 is 0 Å². The Kier molecular flexibility index (Phi) is 9.37. The first-order chi connectivity index (χ1) is 18.0. The molecule has 0 saturated carbocycles. The first-order valence-electron chi connectivity index (χ1n) is 12.4. The normalized spacial score (nSPS) is 19.1. The van der Waals surface area contributed by atoms with Crippen molar-refractivity contribution >= 4 is 52.9 Å². The van der Waals surface area contributed by atoms with E-state index in [1.807, 2.05) is 11.4 Å². The number of carbonyl (C=O) groups is 5. The van der Waals surface area contributed by atoms with Crippen LogP contribution in [0.4, 0.5) is 4.79 Å². The molecule has 2 atom stereocenters. The summed E-state index contributed by atoms with van der Waals surface area (Å²) in [4.78, 5) is 64.2. The quantitative estimate of drug-likeness (QED) is 0.269. The fourth-order valence-corrected chi connectivity index (χ4v) is 6.00. The number of carbonyl (C=O) groups excluding carboxylic acids is 5. The molecule has 1 saturated heterocycles. The predicted molar refractivity (Wildman–Crippen MR) is 146 cm³/mol. The number of β-lactam (4-membered cyclic amide) rings is 1. The van der Waals surface area contributed by atoms with E-state index in [1.54, 1.807) is 41.5 Å². The minimum Gasteiger partial charge on any atom is -0.461 e. The predicted octanol–water partition coefficient (Wildman–Crippen LogP) is 2.87. The maximum atomic E-state index is 13.1. The highest BCUT2D eigenvalue weighted by Gasteiger charge is 2.54. The maximum Gasteiger partial charge on any atom is 0.407 e. The molecular weight excluding hydrogens is 546 g/mol. The Bertz CT molecular complexity index is 1180. The van der Waals surface area contributed by atoms with Gasteiger partial charge in [-0.25, -0.2) is 9.59 Å². The van der Waals surface area contributed by atoms with Crippen molar-refractivity contribution in [2.75, 3.05) is 12.4 Å². The molecule has 0 spiro atoms. The van der Waals surface area contributed by atoms with Crippen LogP contribution in [0.15, 0.2) is 22.7 Å². The van der Waals surface area contributed by atoms with E-state index in [1.165, 1.54) is 34.9 Å². The summed E-state index contributed by atoms with van der Waals surface area (Å²) in [5, 5.41) is 6.81. The van der Waals surface area contributed by atoms with Crippen LogP contribution in [0.5, 0.6) is 0 Å². The summed E-state index contributed by atoms with van der Waals surface area (Å²) in [7, 11) is 0. The van der Waals surface area contributed by atoms with Crippen molar-refractivity contribution in [3.05, 3.63) is 33.2 Å². The van der Waals surface area contributed by atoms with Crippen molar-refractivity contribution in [2.24, 2.45) is 0 Å². The summed E-state index contributed by atoms with van der Waals surface area (Å²) < 4.78 is 15.8. The molecule has 0 aromatic carbocycles. The van der Waals surface area contributed by atoms with Gasteiger partial charge in [0.1, 0.15) is 34.9 Å². The van der Waals surface area contributed by atoms with E-state index in [4.69, 9.17) is 14.2 Å². The van der Waals surface area contributed by atoms with E-state index in [-0.39, 0.29) is 31.2 Å². The zero-order valence-electron chi connectivity index (χ0n) is 23.2. The van der Waals surface area contributed by atoms with Crippen LogP contribution in [0, 0.1) is 0 Å². The van der Waals surface area contributed by atoms with Crippen molar-refractivity contribution < 1.29 is 38.2 Å². The fourth-order valence-electron chi connectivity index (χ4n) is 3.78. The summed E-state index contributed by atoms with van der Waals surface area (Å²) in [6, 6.07) is 1.01. The maximum absolute atomic E-state index is 13.1. The van der Waals surface area contributed by atoms with Crippen LogP contribution in [0.2, 0.25) is 0 Å². The van der Waals surface area contributed by atoms with Crippen LogP contribution in [-0.2, 0) is 46.4 Å². The number of amides is 3. The molecule has 39 heavy (non-hydrogen) atoms. The first-order valence-corrected chi connectivity index (χ1v) is 14.3. The third kappa shape index (κ3) is 8.46. The summed E-state index contributed by atoms with van der Waals surface area (Å²) in [6.07, 6.45) is -0.466. The number of thioether (sulfide) groups is 1. The van der Waals surface area contributed by atoms with Gasteiger partial charge in [-0.15, -0.1) is 23.1 Å². The average Bonchev–Trinajstić information content (AvgIpc) is 3.24.